The number of thiazole rings is 1. The number of hydrogen-bond acceptors (Lipinski definition) is 5. The maximum atomic E-state index is 5.29. The molecule has 84 valence electrons. The molecule has 1 saturated carbocycles. The zero-order valence-corrected chi connectivity index (χ0v) is 10.0. The first-order valence-corrected chi connectivity index (χ1v) is 6.10. The third kappa shape index (κ3) is 2.90. The van der Waals surface area contributed by atoms with Crippen molar-refractivity contribution in [3.8, 4) is 0 Å². The van der Waals surface area contributed by atoms with Gasteiger partial charge < -0.3 is 4.90 Å². The highest BCUT2D eigenvalue weighted by atomic mass is 32.1. The van der Waals surface area contributed by atoms with Crippen molar-refractivity contribution in [3.63, 3.8) is 0 Å². The molecule has 1 aromatic heterocycles. The number of rotatable bonds is 5. The van der Waals surface area contributed by atoms with Gasteiger partial charge in [-0.2, -0.15) is 0 Å². The van der Waals surface area contributed by atoms with E-state index >= 15 is 0 Å². The van der Waals surface area contributed by atoms with Crippen LogP contribution in [0.3, 0.4) is 0 Å². The molecule has 0 aromatic carbocycles. The Morgan fingerprint density at radius 2 is 2.47 bits per heavy atom. The molecule has 2 rings (SSSR count). The molecule has 0 amide bonds. The van der Waals surface area contributed by atoms with Crippen LogP contribution in [0.15, 0.2) is 6.20 Å². The van der Waals surface area contributed by atoms with Crippen molar-refractivity contribution in [1.82, 2.24) is 9.88 Å². The second-order valence-corrected chi connectivity index (χ2v) is 5.56. The summed E-state index contributed by atoms with van der Waals surface area (Å²) in [6.45, 7) is 4.49. The van der Waals surface area contributed by atoms with Crippen LogP contribution in [0.4, 0.5) is 5.13 Å². The summed E-state index contributed by atoms with van der Waals surface area (Å²) in [5.41, 5.74) is 2.57. The van der Waals surface area contributed by atoms with Crippen LogP contribution in [-0.2, 0) is 6.54 Å². The van der Waals surface area contributed by atoms with Crippen LogP contribution in [0.2, 0.25) is 0 Å². The third-order valence-corrected chi connectivity index (χ3v) is 3.84. The van der Waals surface area contributed by atoms with Crippen molar-refractivity contribution in [1.29, 1.82) is 0 Å². The monoisotopic (exact) mass is 226 g/mol. The number of nitrogens with zero attached hydrogens (tertiary/aromatic N) is 2. The third-order valence-electron chi connectivity index (χ3n) is 2.93. The Balaban J connectivity index is 1.80. The number of nitrogens with one attached hydrogen (secondary N) is 1. The second kappa shape index (κ2) is 4.47. The average molecular weight is 226 g/mol. The molecule has 0 spiro atoms. The summed E-state index contributed by atoms with van der Waals surface area (Å²) in [6, 6.07) is 0. The maximum absolute atomic E-state index is 5.29. The molecule has 0 radical (unpaired) electrons. The van der Waals surface area contributed by atoms with Crippen LogP contribution in [0.25, 0.3) is 0 Å². The van der Waals surface area contributed by atoms with E-state index in [1.54, 1.807) is 11.3 Å². The van der Waals surface area contributed by atoms with Gasteiger partial charge in [0.25, 0.3) is 0 Å². The highest BCUT2D eigenvalue weighted by Crippen LogP contribution is 2.38. The highest BCUT2D eigenvalue weighted by Gasteiger charge is 2.33. The molecule has 4 nitrogen and oxygen atoms in total. The molecule has 2 unspecified atom stereocenters. The summed E-state index contributed by atoms with van der Waals surface area (Å²) >= 11 is 1.62. The van der Waals surface area contributed by atoms with E-state index in [-0.39, 0.29) is 0 Å². The number of nitrogens with two attached hydrogens (primary N) is 1. The number of hydrogen-bond donors (Lipinski definition) is 2. The Labute approximate surface area is 94.5 Å². The molecule has 3 N–H and O–H groups in total. The lowest BCUT2D eigenvalue weighted by Gasteiger charge is -2.14. The van der Waals surface area contributed by atoms with Gasteiger partial charge >= 0.3 is 0 Å². The minimum Gasteiger partial charge on any atom is -0.301 e. The van der Waals surface area contributed by atoms with E-state index in [2.05, 4.69) is 29.3 Å². The van der Waals surface area contributed by atoms with Gasteiger partial charge in [-0.3, -0.25) is 5.43 Å². The molecule has 0 bridgehead atoms. The molecular formula is C10H18N4S. The van der Waals surface area contributed by atoms with Crippen molar-refractivity contribution in [2.75, 3.05) is 19.0 Å². The van der Waals surface area contributed by atoms with E-state index in [0.29, 0.717) is 0 Å². The van der Waals surface area contributed by atoms with E-state index in [1.165, 1.54) is 17.8 Å². The Kier molecular flexibility index (Phi) is 3.23. The van der Waals surface area contributed by atoms with E-state index in [1.807, 2.05) is 6.20 Å². The number of aromatic nitrogens is 1. The first kappa shape index (κ1) is 10.9. The molecule has 1 aromatic rings. The summed E-state index contributed by atoms with van der Waals surface area (Å²) in [5.74, 6) is 7.13. The normalized spacial score (nSPS) is 24.5. The van der Waals surface area contributed by atoms with Gasteiger partial charge in [0.05, 0.1) is 0 Å². The van der Waals surface area contributed by atoms with Crippen LogP contribution in [-0.4, -0.2) is 23.5 Å². The predicted octanol–water partition coefficient (Wildman–Crippen LogP) is 1.52. The lowest BCUT2D eigenvalue weighted by atomic mass is 10.3. The van der Waals surface area contributed by atoms with Crippen LogP contribution in [0.1, 0.15) is 18.2 Å². The zero-order valence-electron chi connectivity index (χ0n) is 9.23. The smallest absolute Gasteiger partial charge is 0.197 e. The molecule has 0 saturated heterocycles. The molecular weight excluding hydrogens is 208 g/mol. The average Bonchev–Trinajstić information content (AvgIpc) is 2.72. The van der Waals surface area contributed by atoms with Crippen molar-refractivity contribution in [2.24, 2.45) is 17.7 Å². The summed E-state index contributed by atoms with van der Waals surface area (Å²) in [6.07, 6.45) is 3.29. The summed E-state index contributed by atoms with van der Waals surface area (Å²) in [7, 11) is 2.17. The SMILES string of the molecule is CC1CC1CN(C)Cc1cnc(NN)s1. The number of hydrazine groups is 1. The van der Waals surface area contributed by atoms with Crippen LogP contribution in [0, 0.1) is 11.8 Å². The summed E-state index contributed by atoms with van der Waals surface area (Å²) in [5, 5.41) is 0.790. The molecule has 1 aliphatic carbocycles. The van der Waals surface area contributed by atoms with E-state index in [9.17, 15) is 0 Å². The van der Waals surface area contributed by atoms with E-state index in [4.69, 9.17) is 5.84 Å². The molecule has 1 aliphatic rings. The molecule has 15 heavy (non-hydrogen) atoms. The van der Waals surface area contributed by atoms with Gasteiger partial charge in [0.2, 0.25) is 0 Å². The Morgan fingerprint density at radius 1 is 1.73 bits per heavy atom. The lowest BCUT2D eigenvalue weighted by Crippen LogP contribution is -2.20. The molecule has 1 heterocycles. The topological polar surface area (TPSA) is 54.2 Å². The first-order chi connectivity index (χ1) is 7.19. The molecule has 0 aliphatic heterocycles. The van der Waals surface area contributed by atoms with Gasteiger partial charge in [-0.05, 0) is 25.3 Å². The predicted molar refractivity (Wildman–Crippen MR) is 63.5 cm³/mol. The molecule has 1 fully saturated rings. The van der Waals surface area contributed by atoms with Crippen molar-refractivity contribution in [2.45, 2.75) is 19.9 Å². The largest absolute Gasteiger partial charge is 0.301 e. The van der Waals surface area contributed by atoms with Crippen molar-refractivity contribution < 1.29 is 0 Å². The maximum Gasteiger partial charge on any atom is 0.197 e. The van der Waals surface area contributed by atoms with Crippen LogP contribution < -0.4 is 11.3 Å². The fraction of sp³-hybridized carbons (Fsp3) is 0.700. The highest BCUT2D eigenvalue weighted by molar-refractivity contribution is 7.15. The summed E-state index contributed by atoms with van der Waals surface area (Å²) < 4.78 is 0. The second-order valence-electron chi connectivity index (χ2n) is 4.45. The van der Waals surface area contributed by atoms with Crippen molar-refractivity contribution >= 4 is 16.5 Å². The molecule has 5 heteroatoms. The number of nitrogen functional groups attached to an aromatic ring is 1. The van der Waals surface area contributed by atoms with Gasteiger partial charge in [-0.25, -0.2) is 10.8 Å². The number of anilines is 1. The Hall–Kier alpha value is -0.650. The van der Waals surface area contributed by atoms with Gasteiger partial charge in [-0.1, -0.05) is 18.3 Å². The van der Waals surface area contributed by atoms with Crippen LogP contribution >= 0.6 is 11.3 Å². The van der Waals surface area contributed by atoms with Gasteiger partial charge in [0, 0.05) is 24.2 Å². The van der Waals surface area contributed by atoms with Gasteiger partial charge in [-0.15, -0.1) is 0 Å². The quantitative estimate of drug-likeness (QED) is 0.590. The van der Waals surface area contributed by atoms with E-state index < -0.39 is 0 Å². The Morgan fingerprint density at radius 3 is 3.00 bits per heavy atom. The van der Waals surface area contributed by atoms with Gasteiger partial charge in [0.1, 0.15) is 0 Å². The summed E-state index contributed by atoms with van der Waals surface area (Å²) in [4.78, 5) is 7.78. The van der Waals surface area contributed by atoms with Crippen molar-refractivity contribution in [3.05, 3.63) is 11.1 Å². The zero-order chi connectivity index (χ0) is 10.8. The first-order valence-electron chi connectivity index (χ1n) is 5.29. The fourth-order valence-corrected chi connectivity index (χ4v) is 2.63. The van der Waals surface area contributed by atoms with E-state index in [0.717, 1.165) is 23.5 Å². The van der Waals surface area contributed by atoms with Gasteiger partial charge in [0.15, 0.2) is 5.13 Å². The lowest BCUT2D eigenvalue weighted by molar-refractivity contribution is 0.310. The Bertz CT molecular complexity index is 325. The molecule has 2 atom stereocenters. The standard InChI is InChI=1S/C10H18N4S/c1-7-3-8(7)5-14(2)6-9-4-12-10(13-11)15-9/h4,7-8H,3,5-6,11H2,1-2H3,(H,12,13). The minimum atomic E-state index is 0.790. The fourth-order valence-electron chi connectivity index (χ4n) is 1.83. The van der Waals surface area contributed by atoms with Crippen LogP contribution in [0.5, 0.6) is 0 Å². The minimum absolute atomic E-state index is 0.790.